The second-order valence-corrected chi connectivity index (χ2v) is 5.51. The van der Waals surface area contributed by atoms with Gasteiger partial charge >= 0.3 is 5.97 Å². The van der Waals surface area contributed by atoms with Gasteiger partial charge in [0.05, 0.1) is 23.6 Å². The minimum atomic E-state index is -0.310. The number of aromatic amines is 1. The Hall–Kier alpha value is -2.34. The summed E-state index contributed by atoms with van der Waals surface area (Å²) in [6, 6.07) is 5.64. The quantitative estimate of drug-likeness (QED) is 0.676. The monoisotopic (exact) mass is 318 g/mol. The van der Waals surface area contributed by atoms with Gasteiger partial charge in [0, 0.05) is 18.8 Å². The van der Waals surface area contributed by atoms with E-state index in [0.717, 1.165) is 22.6 Å². The van der Waals surface area contributed by atoms with Crippen LogP contribution in [0.25, 0.3) is 0 Å². The molecule has 0 unspecified atom stereocenters. The van der Waals surface area contributed by atoms with Gasteiger partial charge in [0.2, 0.25) is 0 Å². The molecule has 0 aliphatic carbocycles. The van der Waals surface area contributed by atoms with E-state index in [-0.39, 0.29) is 12.6 Å². The molecule has 0 amide bonds. The lowest BCUT2D eigenvalue weighted by Gasteiger charge is -2.24. The maximum absolute atomic E-state index is 11.3. The van der Waals surface area contributed by atoms with Gasteiger partial charge in [-0.25, -0.2) is 9.78 Å². The molecule has 6 nitrogen and oxygen atoms in total. The zero-order chi connectivity index (χ0) is 15.5. The summed E-state index contributed by atoms with van der Waals surface area (Å²) in [7, 11) is 0. The summed E-state index contributed by atoms with van der Waals surface area (Å²) in [6.07, 6.45) is 3.25. The number of aryl methyl sites for hydroxylation is 1. The minimum Gasteiger partial charge on any atom is -0.456 e. The molecule has 22 heavy (non-hydrogen) atoms. The van der Waals surface area contributed by atoms with Crippen LogP contribution in [0.1, 0.15) is 17.0 Å². The molecule has 0 radical (unpaired) electrons. The highest BCUT2D eigenvalue weighted by molar-refractivity contribution is 6.29. The fraction of sp³-hybridized carbons (Fsp3) is 0.267. The molecule has 3 rings (SSSR count). The number of cyclic esters (lactones) is 1. The molecule has 0 saturated carbocycles. The number of esters is 1. The molecule has 0 saturated heterocycles. The lowest BCUT2D eigenvalue weighted by Crippen LogP contribution is -2.23. The van der Waals surface area contributed by atoms with E-state index in [9.17, 15) is 4.79 Å². The Kier molecular flexibility index (Phi) is 4.11. The molecule has 7 heteroatoms. The average molecular weight is 319 g/mol. The van der Waals surface area contributed by atoms with Crippen LogP contribution in [0.2, 0.25) is 5.15 Å². The number of hydrogen-bond acceptors (Lipinski definition) is 5. The lowest BCUT2D eigenvalue weighted by atomic mass is 10.2. The van der Waals surface area contributed by atoms with Gasteiger partial charge in [0.1, 0.15) is 11.8 Å². The van der Waals surface area contributed by atoms with Crippen LogP contribution in [0.4, 0.5) is 0 Å². The first-order chi connectivity index (χ1) is 10.6. The van der Waals surface area contributed by atoms with Gasteiger partial charge in [-0.3, -0.25) is 5.10 Å². The summed E-state index contributed by atoms with van der Waals surface area (Å²) in [5.41, 5.74) is 3.74. The van der Waals surface area contributed by atoms with Crippen LogP contribution in [0.3, 0.4) is 0 Å². The molecule has 114 valence electrons. The van der Waals surface area contributed by atoms with Gasteiger partial charge in [0.25, 0.3) is 0 Å². The van der Waals surface area contributed by atoms with Crippen LogP contribution in [-0.2, 0) is 22.6 Å². The van der Waals surface area contributed by atoms with E-state index < -0.39 is 0 Å². The Morgan fingerprint density at radius 1 is 1.41 bits per heavy atom. The Labute approximate surface area is 132 Å². The third-order valence-electron chi connectivity index (χ3n) is 3.34. The maximum Gasteiger partial charge on any atom is 0.333 e. The van der Waals surface area contributed by atoms with Crippen molar-refractivity contribution in [1.29, 1.82) is 0 Å². The largest absolute Gasteiger partial charge is 0.456 e. The SMILES string of the molecule is Cc1cc(CN(Cc2ccc(Cl)nc2)C2=CC(=O)OC2)[nH]n1. The lowest BCUT2D eigenvalue weighted by molar-refractivity contribution is -0.135. The Morgan fingerprint density at radius 3 is 2.86 bits per heavy atom. The third kappa shape index (κ3) is 3.46. The number of nitrogens with zero attached hydrogens (tertiary/aromatic N) is 3. The number of aromatic nitrogens is 3. The molecule has 0 bridgehead atoms. The Morgan fingerprint density at radius 2 is 2.27 bits per heavy atom. The molecule has 3 heterocycles. The fourth-order valence-electron chi connectivity index (χ4n) is 2.29. The molecule has 0 atom stereocenters. The van der Waals surface area contributed by atoms with E-state index in [1.807, 2.05) is 19.1 Å². The average Bonchev–Trinajstić information content (AvgIpc) is 3.09. The van der Waals surface area contributed by atoms with Crippen LogP contribution in [0.5, 0.6) is 0 Å². The van der Waals surface area contributed by atoms with Crippen LogP contribution in [0, 0.1) is 6.92 Å². The second-order valence-electron chi connectivity index (χ2n) is 5.12. The molecule has 2 aromatic heterocycles. The number of carbonyl (C=O) groups is 1. The maximum atomic E-state index is 11.3. The van der Waals surface area contributed by atoms with E-state index in [2.05, 4.69) is 20.1 Å². The van der Waals surface area contributed by atoms with Crippen molar-refractivity contribution in [2.45, 2.75) is 20.0 Å². The van der Waals surface area contributed by atoms with E-state index >= 15 is 0 Å². The molecular formula is C15H15ClN4O2. The van der Waals surface area contributed by atoms with E-state index in [1.54, 1.807) is 12.3 Å². The van der Waals surface area contributed by atoms with Crippen LogP contribution >= 0.6 is 11.6 Å². The number of carbonyl (C=O) groups excluding carboxylic acids is 1. The number of nitrogens with one attached hydrogen (secondary N) is 1. The molecule has 1 N–H and O–H groups in total. The Bertz CT molecular complexity index is 709. The van der Waals surface area contributed by atoms with Gasteiger partial charge in [-0.05, 0) is 24.6 Å². The molecule has 2 aromatic rings. The number of pyridine rings is 1. The van der Waals surface area contributed by atoms with Crippen molar-refractivity contribution >= 4 is 17.6 Å². The molecule has 0 fully saturated rings. The highest BCUT2D eigenvalue weighted by Gasteiger charge is 2.20. The predicted octanol–water partition coefficient (Wildman–Crippen LogP) is 2.21. The van der Waals surface area contributed by atoms with Crippen LogP contribution in [0.15, 0.2) is 36.2 Å². The van der Waals surface area contributed by atoms with Crippen molar-refractivity contribution in [2.24, 2.45) is 0 Å². The zero-order valence-electron chi connectivity index (χ0n) is 12.0. The standard InChI is InChI=1S/C15H15ClN4O2/c1-10-4-12(19-18-10)8-20(13-5-15(21)22-9-13)7-11-2-3-14(16)17-6-11/h2-6H,7-9H2,1H3,(H,18,19). The van der Waals surface area contributed by atoms with Crippen LogP contribution < -0.4 is 0 Å². The Balaban J connectivity index is 1.80. The number of halogens is 1. The summed E-state index contributed by atoms with van der Waals surface area (Å²) in [5.74, 6) is -0.310. The summed E-state index contributed by atoms with van der Waals surface area (Å²) < 4.78 is 5.01. The van der Waals surface area contributed by atoms with Crippen LogP contribution in [-0.4, -0.2) is 32.7 Å². The summed E-state index contributed by atoms with van der Waals surface area (Å²) in [5, 5.41) is 7.57. The summed E-state index contributed by atoms with van der Waals surface area (Å²) in [6.45, 7) is 3.42. The number of hydrogen-bond donors (Lipinski definition) is 1. The van der Waals surface area contributed by atoms with Crippen molar-refractivity contribution in [3.05, 3.63) is 58.3 Å². The second kappa shape index (κ2) is 6.19. The van der Waals surface area contributed by atoms with E-state index in [4.69, 9.17) is 16.3 Å². The normalized spacial score (nSPS) is 13.9. The van der Waals surface area contributed by atoms with Crippen molar-refractivity contribution < 1.29 is 9.53 Å². The molecule has 0 spiro atoms. The molecular weight excluding hydrogens is 304 g/mol. The minimum absolute atomic E-state index is 0.285. The van der Waals surface area contributed by atoms with Crippen molar-refractivity contribution in [3.8, 4) is 0 Å². The van der Waals surface area contributed by atoms with E-state index in [0.29, 0.717) is 18.2 Å². The van der Waals surface area contributed by atoms with Crippen molar-refractivity contribution in [2.75, 3.05) is 6.61 Å². The van der Waals surface area contributed by atoms with Gasteiger partial charge in [-0.15, -0.1) is 0 Å². The van der Waals surface area contributed by atoms with Crippen molar-refractivity contribution in [3.63, 3.8) is 0 Å². The van der Waals surface area contributed by atoms with Gasteiger partial charge in [-0.2, -0.15) is 5.10 Å². The van der Waals surface area contributed by atoms with Gasteiger partial charge in [0.15, 0.2) is 0 Å². The van der Waals surface area contributed by atoms with Gasteiger partial charge < -0.3 is 9.64 Å². The highest BCUT2D eigenvalue weighted by atomic mass is 35.5. The first-order valence-corrected chi connectivity index (χ1v) is 7.21. The topological polar surface area (TPSA) is 71.1 Å². The third-order valence-corrected chi connectivity index (χ3v) is 3.56. The number of H-pyrrole nitrogens is 1. The summed E-state index contributed by atoms with van der Waals surface area (Å²) in [4.78, 5) is 17.5. The molecule has 1 aliphatic heterocycles. The summed E-state index contributed by atoms with van der Waals surface area (Å²) >= 11 is 5.81. The van der Waals surface area contributed by atoms with E-state index in [1.165, 1.54) is 6.08 Å². The molecule has 0 aromatic carbocycles. The predicted molar refractivity (Wildman–Crippen MR) is 80.9 cm³/mol. The highest BCUT2D eigenvalue weighted by Crippen LogP contribution is 2.19. The molecule has 1 aliphatic rings. The van der Waals surface area contributed by atoms with Gasteiger partial charge in [-0.1, -0.05) is 17.7 Å². The smallest absolute Gasteiger partial charge is 0.333 e. The first-order valence-electron chi connectivity index (χ1n) is 6.84. The van der Waals surface area contributed by atoms with Crippen molar-refractivity contribution in [1.82, 2.24) is 20.1 Å². The number of rotatable bonds is 5. The zero-order valence-corrected chi connectivity index (χ0v) is 12.8. The number of ether oxygens (including phenoxy) is 1. The fourth-order valence-corrected chi connectivity index (χ4v) is 2.40. The first kappa shape index (κ1) is 14.6.